The lowest BCUT2D eigenvalue weighted by molar-refractivity contribution is -0.200. The fraction of sp³-hybridized carbons (Fsp3) is 0.917. The highest BCUT2D eigenvalue weighted by molar-refractivity contribution is 5.68. The van der Waals surface area contributed by atoms with Gasteiger partial charge in [-0.15, -0.1) is 0 Å². The van der Waals surface area contributed by atoms with Crippen LogP contribution in [0.2, 0.25) is 0 Å². The van der Waals surface area contributed by atoms with E-state index in [2.05, 4.69) is 4.74 Å². The van der Waals surface area contributed by atoms with E-state index in [0.717, 1.165) is 0 Å². The maximum absolute atomic E-state index is 12.6. The molecular formula is C12H21F3N2O2. The second kappa shape index (κ2) is 5.56. The first kappa shape index (κ1) is 8.34. The lowest BCUT2D eigenvalue weighted by Gasteiger charge is -2.42. The summed E-state index contributed by atoms with van der Waals surface area (Å²) in [4.78, 5) is 12.3. The molecule has 0 aliphatic carbocycles. The summed E-state index contributed by atoms with van der Waals surface area (Å²) in [7, 11) is 0. The molecule has 4 nitrogen and oxygen atoms in total. The van der Waals surface area contributed by atoms with Gasteiger partial charge in [-0.25, -0.2) is 4.79 Å². The molecule has 1 aliphatic rings. The van der Waals surface area contributed by atoms with E-state index >= 15 is 0 Å². The molecule has 1 fully saturated rings. The van der Waals surface area contributed by atoms with Crippen LogP contribution in [-0.2, 0) is 4.74 Å². The number of carbonyl (C=O) groups is 1. The predicted molar refractivity (Wildman–Crippen MR) is 64.9 cm³/mol. The van der Waals surface area contributed by atoms with Gasteiger partial charge in [-0.05, 0) is 27.7 Å². The molecule has 0 aromatic rings. The third-order valence-corrected chi connectivity index (χ3v) is 2.20. The molecule has 1 aliphatic heterocycles. The highest BCUT2D eigenvalue weighted by Gasteiger charge is 2.40. The van der Waals surface area contributed by atoms with Crippen molar-refractivity contribution in [3.8, 4) is 0 Å². The number of amides is 1. The highest BCUT2D eigenvalue weighted by atomic mass is 19.4. The third-order valence-electron chi connectivity index (χ3n) is 2.20. The van der Waals surface area contributed by atoms with Crippen molar-refractivity contribution >= 4 is 6.09 Å². The van der Waals surface area contributed by atoms with Gasteiger partial charge in [-0.1, -0.05) is 0 Å². The smallest absolute Gasteiger partial charge is 0.425 e. The lowest BCUT2D eigenvalue weighted by atomic mass is 10.1. The fourth-order valence-electron chi connectivity index (χ4n) is 1.02. The first-order valence-electron chi connectivity index (χ1n) is 9.07. The topological polar surface area (TPSA) is 32.8 Å². The van der Waals surface area contributed by atoms with Crippen molar-refractivity contribution in [2.45, 2.75) is 45.5 Å². The van der Waals surface area contributed by atoms with Crippen LogP contribution in [-0.4, -0.2) is 59.7 Å². The molecule has 0 radical (unpaired) electrons. The Labute approximate surface area is 121 Å². The van der Waals surface area contributed by atoms with Crippen LogP contribution < -0.4 is 0 Å². The van der Waals surface area contributed by atoms with Crippen molar-refractivity contribution in [1.82, 2.24) is 9.80 Å². The van der Waals surface area contributed by atoms with Crippen molar-refractivity contribution in [3.63, 3.8) is 0 Å². The number of hydrogen-bond donors (Lipinski definition) is 0. The van der Waals surface area contributed by atoms with Crippen LogP contribution in [0.3, 0.4) is 0 Å². The van der Waals surface area contributed by atoms with Gasteiger partial charge in [-0.3, -0.25) is 4.90 Å². The largest absolute Gasteiger partial charge is 0.437 e. The molecule has 0 aromatic heterocycles. The number of nitrogens with zero attached hydrogens (tertiary/aromatic N) is 2. The molecule has 19 heavy (non-hydrogen) atoms. The van der Waals surface area contributed by atoms with Crippen molar-refractivity contribution in [2.75, 3.05) is 26.0 Å². The van der Waals surface area contributed by atoms with Crippen LogP contribution in [0.5, 0.6) is 0 Å². The summed E-state index contributed by atoms with van der Waals surface area (Å²) >= 11 is 0. The summed E-state index contributed by atoms with van der Waals surface area (Å²) in [6, 6.07) is 0. The van der Waals surface area contributed by atoms with Crippen LogP contribution in [0.15, 0.2) is 0 Å². The molecule has 7 heteroatoms. The molecule has 2 unspecified atom stereocenters. The highest BCUT2D eigenvalue weighted by Crippen LogP contribution is 2.23. The first-order chi connectivity index (χ1) is 11.2. The molecule has 0 N–H and O–H groups in total. The van der Waals surface area contributed by atoms with Crippen LogP contribution in [0.1, 0.15) is 37.3 Å². The molecule has 0 aromatic carbocycles. The number of piperazine rings is 1. The molecule has 0 saturated carbocycles. The van der Waals surface area contributed by atoms with E-state index in [9.17, 15) is 18.0 Å². The minimum Gasteiger partial charge on any atom is -0.437 e. The van der Waals surface area contributed by atoms with E-state index < -0.39 is 49.9 Å². The molecule has 1 heterocycles. The van der Waals surface area contributed by atoms with Crippen molar-refractivity contribution in [1.29, 1.82) is 0 Å². The maximum Gasteiger partial charge on any atom is 0.425 e. The molecular weight excluding hydrogens is 261 g/mol. The Balaban J connectivity index is 3.42. The summed E-state index contributed by atoms with van der Waals surface area (Å²) in [5.41, 5.74) is -1.31. The Morgan fingerprint density at radius 1 is 1.26 bits per heavy atom. The normalized spacial score (nSPS) is 37.5. The van der Waals surface area contributed by atoms with E-state index in [4.69, 9.17) is 9.60 Å². The number of alkyl halides is 3. The van der Waals surface area contributed by atoms with Gasteiger partial charge in [0.15, 0.2) is 6.10 Å². The average molecular weight is 289 g/mol. The Morgan fingerprint density at radius 2 is 1.84 bits per heavy atom. The minimum atomic E-state index is -4.95. The summed E-state index contributed by atoms with van der Waals surface area (Å²) in [5.74, 6) is 0. The van der Waals surface area contributed by atoms with Crippen LogP contribution in [0, 0.1) is 0 Å². The molecule has 1 rings (SSSR count). The Morgan fingerprint density at radius 3 is 2.32 bits per heavy atom. The monoisotopic (exact) mass is 289 g/mol. The first-order valence-corrected chi connectivity index (χ1v) is 5.49. The average Bonchev–Trinajstić information content (AvgIpc) is 2.32. The van der Waals surface area contributed by atoms with Crippen molar-refractivity contribution < 1.29 is 32.3 Å². The van der Waals surface area contributed by atoms with Gasteiger partial charge < -0.3 is 9.64 Å². The maximum atomic E-state index is 12.6. The lowest BCUT2D eigenvalue weighted by Crippen LogP contribution is -2.55. The Bertz CT molecular complexity index is 566. The summed E-state index contributed by atoms with van der Waals surface area (Å²) < 4.78 is 97.9. The molecule has 0 bridgehead atoms. The molecule has 2 atom stereocenters. The van der Waals surface area contributed by atoms with Gasteiger partial charge in [0.2, 0.25) is 0 Å². The molecule has 0 spiro atoms. The van der Waals surface area contributed by atoms with Crippen LogP contribution >= 0.6 is 0 Å². The molecule has 1 saturated heterocycles. The van der Waals surface area contributed by atoms with E-state index in [0.29, 0.717) is 11.8 Å². The fourth-order valence-corrected chi connectivity index (χ4v) is 1.02. The molecule has 112 valence electrons. The number of hydrogen-bond acceptors (Lipinski definition) is 3. The summed E-state index contributed by atoms with van der Waals surface area (Å²) in [6.45, 7) is -7.20. The van der Waals surface area contributed by atoms with Crippen molar-refractivity contribution in [3.05, 3.63) is 0 Å². The Hall–Kier alpha value is -0.980. The van der Waals surface area contributed by atoms with Crippen LogP contribution in [0.4, 0.5) is 18.0 Å². The number of halogens is 3. The quantitative estimate of drug-likeness (QED) is 0.743. The van der Waals surface area contributed by atoms with E-state index in [1.807, 2.05) is 0 Å². The zero-order chi connectivity index (χ0) is 21.1. The number of carbonyl (C=O) groups excluding carboxylic acids is 1. The summed E-state index contributed by atoms with van der Waals surface area (Å²) in [6.07, 6.45) is -9.57. The van der Waals surface area contributed by atoms with Gasteiger partial charge in [0.25, 0.3) is 0 Å². The second-order valence-electron chi connectivity index (χ2n) is 4.93. The zero-order valence-electron chi connectivity index (χ0n) is 18.0. The van der Waals surface area contributed by atoms with Gasteiger partial charge in [-0.2, -0.15) is 13.2 Å². The van der Waals surface area contributed by atoms with E-state index in [1.165, 1.54) is 20.8 Å². The minimum absolute atomic E-state index is 0.266. The molecule has 1 amide bonds. The number of rotatable bonds is 1. The van der Waals surface area contributed by atoms with Crippen molar-refractivity contribution in [2.24, 2.45) is 0 Å². The van der Waals surface area contributed by atoms with Gasteiger partial charge in [0, 0.05) is 37.0 Å². The predicted octanol–water partition coefficient (Wildman–Crippen LogP) is 2.49. The van der Waals surface area contributed by atoms with Gasteiger partial charge >= 0.3 is 12.3 Å². The van der Waals surface area contributed by atoms with E-state index in [-0.39, 0.29) is 4.90 Å². The van der Waals surface area contributed by atoms with E-state index in [1.54, 1.807) is 0 Å². The number of ether oxygens (including phenoxy) is 1. The zero-order valence-corrected chi connectivity index (χ0v) is 11.0. The van der Waals surface area contributed by atoms with Gasteiger partial charge in [0.05, 0.1) is 4.11 Å². The Kier molecular flexibility index (Phi) is 2.44. The SMILES string of the molecule is [2H]C1N(C(=O)OC(C)C(F)(F)F)C([2H])([2H])C([2H])([2H])N(C(C)(C)C)C1([2H])[2H]. The summed E-state index contributed by atoms with van der Waals surface area (Å²) in [5, 5.41) is 0. The second-order valence-corrected chi connectivity index (χ2v) is 4.93. The standard InChI is InChI=1S/C12H21F3N2O2/c1-9(12(13,14)15)19-10(18)16-5-7-17(8-6-16)11(2,3)4/h9H,5-8H2,1-4H3/i5D,6D2,7D2,8D2. The van der Waals surface area contributed by atoms with Crippen LogP contribution in [0.25, 0.3) is 0 Å². The third kappa shape index (κ3) is 4.56. The van der Waals surface area contributed by atoms with Gasteiger partial charge in [0.1, 0.15) is 0 Å².